The molecule has 0 aromatic heterocycles. The standard InChI is InChI=1S/C15H25N3O3.HI/c1-19-11-12-21-10-4-3-9-17-15(16)18-13-5-7-14(20-2)8-6-13;/h5-8H,3-4,9-12H2,1-2H3,(H3,16,17,18);1H. The Morgan fingerprint density at radius 2 is 1.82 bits per heavy atom. The molecule has 0 saturated carbocycles. The predicted octanol–water partition coefficient (Wildman–Crippen LogP) is 2.48. The number of guanidine groups is 1. The second-order valence-corrected chi connectivity index (χ2v) is 4.43. The highest BCUT2D eigenvalue weighted by molar-refractivity contribution is 14.0. The fourth-order valence-electron chi connectivity index (χ4n) is 1.62. The van der Waals surface area contributed by atoms with Gasteiger partial charge in [-0.2, -0.15) is 0 Å². The fraction of sp³-hybridized carbons (Fsp3) is 0.533. The van der Waals surface area contributed by atoms with Crippen molar-refractivity contribution >= 4 is 35.6 Å². The number of halogens is 1. The Kier molecular flexibility index (Phi) is 12.9. The number of benzene rings is 1. The zero-order chi connectivity index (χ0) is 15.3. The highest BCUT2D eigenvalue weighted by Gasteiger charge is 1.96. The molecule has 22 heavy (non-hydrogen) atoms. The summed E-state index contributed by atoms with van der Waals surface area (Å²) in [5.74, 6) is 1.23. The molecule has 1 aromatic rings. The van der Waals surface area contributed by atoms with Gasteiger partial charge >= 0.3 is 0 Å². The number of unbranched alkanes of at least 4 members (excludes halogenated alkanes) is 1. The number of hydrogen-bond acceptors (Lipinski definition) is 4. The average Bonchev–Trinajstić information content (AvgIpc) is 2.50. The van der Waals surface area contributed by atoms with Gasteiger partial charge in [0.25, 0.3) is 0 Å². The molecule has 0 atom stereocenters. The first-order valence-electron chi connectivity index (χ1n) is 7.04. The van der Waals surface area contributed by atoms with Gasteiger partial charge in [0.05, 0.1) is 20.3 Å². The van der Waals surface area contributed by atoms with Crippen LogP contribution in [0.5, 0.6) is 5.75 Å². The van der Waals surface area contributed by atoms with E-state index in [1.165, 1.54) is 0 Å². The van der Waals surface area contributed by atoms with E-state index in [1.807, 2.05) is 24.3 Å². The van der Waals surface area contributed by atoms with Crippen molar-refractivity contribution in [1.82, 2.24) is 0 Å². The third-order valence-corrected chi connectivity index (χ3v) is 2.77. The first kappa shape index (κ1) is 20.9. The smallest absolute Gasteiger partial charge is 0.193 e. The molecule has 1 rings (SSSR count). The maximum absolute atomic E-state index is 5.82. The molecule has 0 fully saturated rings. The van der Waals surface area contributed by atoms with Gasteiger partial charge < -0.3 is 25.3 Å². The zero-order valence-corrected chi connectivity index (χ0v) is 15.5. The van der Waals surface area contributed by atoms with E-state index in [1.54, 1.807) is 14.2 Å². The first-order valence-corrected chi connectivity index (χ1v) is 7.04. The number of ether oxygens (including phenoxy) is 3. The monoisotopic (exact) mass is 423 g/mol. The summed E-state index contributed by atoms with van der Waals surface area (Å²) in [6, 6.07) is 7.52. The van der Waals surface area contributed by atoms with E-state index in [4.69, 9.17) is 19.9 Å². The SMILES string of the molecule is COCCOCCCCN=C(N)Nc1ccc(OC)cc1.I. The molecule has 6 nitrogen and oxygen atoms in total. The van der Waals surface area contributed by atoms with Gasteiger partial charge in [0.1, 0.15) is 5.75 Å². The number of hydrogen-bond donors (Lipinski definition) is 2. The van der Waals surface area contributed by atoms with Crippen molar-refractivity contribution in [3.8, 4) is 5.75 Å². The normalized spacial score (nSPS) is 10.9. The van der Waals surface area contributed by atoms with Crippen LogP contribution in [0, 0.1) is 0 Å². The van der Waals surface area contributed by atoms with Gasteiger partial charge in [-0.25, -0.2) is 0 Å². The van der Waals surface area contributed by atoms with Crippen LogP contribution in [0.4, 0.5) is 5.69 Å². The summed E-state index contributed by atoms with van der Waals surface area (Å²) in [4.78, 5) is 4.27. The Balaban J connectivity index is 0.00000441. The molecule has 0 saturated heterocycles. The largest absolute Gasteiger partial charge is 0.497 e. The van der Waals surface area contributed by atoms with Crippen LogP contribution in [0.2, 0.25) is 0 Å². The zero-order valence-electron chi connectivity index (χ0n) is 13.2. The summed E-state index contributed by atoms with van der Waals surface area (Å²) < 4.78 is 15.4. The molecule has 0 amide bonds. The topological polar surface area (TPSA) is 78.1 Å². The maximum atomic E-state index is 5.82. The van der Waals surface area contributed by atoms with Crippen LogP contribution in [-0.4, -0.2) is 46.5 Å². The van der Waals surface area contributed by atoms with Crippen LogP contribution >= 0.6 is 24.0 Å². The van der Waals surface area contributed by atoms with Gasteiger partial charge in [0.15, 0.2) is 5.96 Å². The van der Waals surface area contributed by atoms with Gasteiger partial charge in [-0.05, 0) is 37.1 Å². The third kappa shape index (κ3) is 9.80. The maximum Gasteiger partial charge on any atom is 0.193 e. The molecule has 0 radical (unpaired) electrons. The summed E-state index contributed by atoms with van der Waals surface area (Å²) in [6.45, 7) is 2.69. The minimum atomic E-state index is 0. The highest BCUT2D eigenvalue weighted by Crippen LogP contribution is 2.14. The molecule has 0 heterocycles. The number of nitrogens with two attached hydrogens (primary N) is 1. The van der Waals surface area contributed by atoms with Crippen LogP contribution in [0.3, 0.4) is 0 Å². The number of rotatable bonds is 10. The minimum absolute atomic E-state index is 0. The van der Waals surface area contributed by atoms with E-state index >= 15 is 0 Å². The molecule has 7 heteroatoms. The quantitative estimate of drug-likeness (QED) is 0.262. The molecule has 0 bridgehead atoms. The molecule has 3 N–H and O–H groups in total. The lowest BCUT2D eigenvalue weighted by molar-refractivity contribution is 0.0690. The molecule has 0 aliphatic rings. The van der Waals surface area contributed by atoms with Crippen LogP contribution in [-0.2, 0) is 9.47 Å². The molecule has 126 valence electrons. The molecule has 1 aromatic carbocycles. The van der Waals surface area contributed by atoms with E-state index in [-0.39, 0.29) is 24.0 Å². The summed E-state index contributed by atoms with van der Waals surface area (Å²) in [6.07, 6.45) is 1.90. The van der Waals surface area contributed by atoms with Gasteiger partial charge in [0, 0.05) is 25.9 Å². The lowest BCUT2D eigenvalue weighted by Gasteiger charge is -2.07. The number of nitrogens with zero attached hydrogens (tertiary/aromatic N) is 1. The van der Waals surface area contributed by atoms with Crippen molar-refractivity contribution in [1.29, 1.82) is 0 Å². The van der Waals surface area contributed by atoms with Gasteiger partial charge in [0.2, 0.25) is 0 Å². The Morgan fingerprint density at radius 3 is 2.45 bits per heavy atom. The van der Waals surface area contributed by atoms with Crippen molar-refractivity contribution in [3.63, 3.8) is 0 Å². The van der Waals surface area contributed by atoms with Crippen LogP contribution in [0.1, 0.15) is 12.8 Å². The minimum Gasteiger partial charge on any atom is -0.497 e. The number of aliphatic imine (C=N–C) groups is 1. The number of nitrogens with one attached hydrogen (secondary N) is 1. The third-order valence-electron chi connectivity index (χ3n) is 2.77. The molecule has 0 unspecified atom stereocenters. The van der Waals surface area contributed by atoms with Crippen molar-refractivity contribution < 1.29 is 14.2 Å². The van der Waals surface area contributed by atoms with Crippen LogP contribution in [0.15, 0.2) is 29.3 Å². The Hall–Kier alpha value is -1.06. The highest BCUT2D eigenvalue weighted by atomic mass is 127. The fourth-order valence-corrected chi connectivity index (χ4v) is 1.62. The van der Waals surface area contributed by atoms with Gasteiger partial charge in [-0.1, -0.05) is 0 Å². The van der Waals surface area contributed by atoms with E-state index in [9.17, 15) is 0 Å². The lowest BCUT2D eigenvalue weighted by atomic mass is 10.3. The van der Waals surface area contributed by atoms with Crippen molar-refractivity contribution in [2.75, 3.05) is 45.9 Å². The summed E-state index contributed by atoms with van der Waals surface area (Å²) in [5.41, 5.74) is 6.71. The van der Waals surface area contributed by atoms with E-state index in [0.717, 1.165) is 30.9 Å². The van der Waals surface area contributed by atoms with Crippen molar-refractivity contribution in [2.45, 2.75) is 12.8 Å². The predicted molar refractivity (Wildman–Crippen MR) is 100 cm³/mol. The molecule has 0 spiro atoms. The van der Waals surface area contributed by atoms with Crippen molar-refractivity contribution in [2.24, 2.45) is 10.7 Å². The van der Waals surface area contributed by atoms with E-state index < -0.39 is 0 Å². The lowest BCUT2D eigenvalue weighted by Crippen LogP contribution is -2.22. The summed E-state index contributed by atoms with van der Waals surface area (Å²) in [5, 5.41) is 3.04. The van der Waals surface area contributed by atoms with Crippen LogP contribution in [0.25, 0.3) is 0 Å². The van der Waals surface area contributed by atoms with E-state index in [0.29, 0.717) is 25.7 Å². The molecular formula is C15H26IN3O3. The first-order chi connectivity index (χ1) is 10.3. The van der Waals surface area contributed by atoms with E-state index in [2.05, 4.69) is 10.3 Å². The number of methoxy groups -OCH3 is 2. The Labute approximate surface area is 149 Å². The molecular weight excluding hydrogens is 397 g/mol. The van der Waals surface area contributed by atoms with Gasteiger partial charge in [-0.15, -0.1) is 24.0 Å². The Morgan fingerprint density at radius 1 is 1.09 bits per heavy atom. The summed E-state index contributed by atoms with van der Waals surface area (Å²) >= 11 is 0. The van der Waals surface area contributed by atoms with Gasteiger partial charge in [-0.3, -0.25) is 4.99 Å². The number of anilines is 1. The average molecular weight is 423 g/mol. The summed E-state index contributed by atoms with van der Waals surface area (Å²) in [7, 11) is 3.30. The second kappa shape index (κ2) is 13.6. The molecule has 0 aliphatic heterocycles. The second-order valence-electron chi connectivity index (χ2n) is 4.43. The van der Waals surface area contributed by atoms with Crippen LogP contribution < -0.4 is 15.8 Å². The molecule has 0 aliphatic carbocycles. The Bertz CT molecular complexity index is 413. The van der Waals surface area contributed by atoms with Crippen molar-refractivity contribution in [3.05, 3.63) is 24.3 Å².